The topological polar surface area (TPSA) is 55.6 Å². The fraction of sp³-hybridized carbons (Fsp3) is 0.533. The number of likely N-dealkylation sites (tertiary alicyclic amines) is 1. The number of thioether (sulfide) groups is 1. The third-order valence-corrected chi connectivity index (χ3v) is 4.39. The molecular weight excluding hydrogens is 308 g/mol. The third-order valence-electron chi connectivity index (χ3n) is 3.39. The summed E-state index contributed by atoms with van der Waals surface area (Å²) in [7, 11) is 0. The molecule has 2 N–H and O–H groups in total. The Kier molecular flexibility index (Phi) is 7.93. The first kappa shape index (κ1) is 18.1. The van der Waals surface area contributed by atoms with Crippen LogP contribution in [0.25, 0.3) is 0 Å². The SMILES string of the molecule is CCOc1ccc(SCC(=O)N2CCC(N)CC2)cc1.Cl. The van der Waals surface area contributed by atoms with E-state index in [9.17, 15) is 4.79 Å². The number of ether oxygens (including phenoxy) is 1. The van der Waals surface area contributed by atoms with E-state index in [4.69, 9.17) is 10.5 Å². The highest BCUT2D eigenvalue weighted by Crippen LogP contribution is 2.22. The van der Waals surface area contributed by atoms with Gasteiger partial charge in [0.1, 0.15) is 5.75 Å². The number of benzene rings is 1. The van der Waals surface area contributed by atoms with Gasteiger partial charge in [-0.25, -0.2) is 0 Å². The monoisotopic (exact) mass is 330 g/mol. The molecule has 21 heavy (non-hydrogen) atoms. The number of rotatable bonds is 5. The fourth-order valence-electron chi connectivity index (χ4n) is 2.18. The molecule has 0 aliphatic carbocycles. The van der Waals surface area contributed by atoms with Gasteiger partial charge in [0, 0.05) is 24.0 Å². The van der Waals surface area contributed by atoms with Crippen LogP contribution in [0.5, 0.6) is 5.75 Å². The fourth-order valence-corrected chi connectivity index (χ4v) is 2.99. The van der Waals surface area contributed by atoms with Gasteiger partial charge in [0.25, 0.3) is 0 Å². The Morgan fingerprint density at radius 2 is 1.95 bits per heavy atom. The number of nitrogens with two attached hydrogens (primary N) is 1. The van der Waals surface area contributed by atoms with E-state index in [1.165, 1.54) is 0 Å². The summed E-state index contributed by atoms with van der Waals surface area (Å²) in [5, 5.41) is 0. The van der Waals surface area contributed by atoms with Crippen LogP contribution in [0.3, 0.4) is 0 Å². The molecule has 2 rings (SSSR count). The van der Waals surface area contributed by atoms with Gasteiger partial charge in [0.05, 0.1) is 12.4 Å². The smallest absolute Gasteiger partial charge is 0.232 e. The summed E-state index contributed by atoms with van der Waals surface area (Å²) in [5.41, 5.74) is 5.85. The Hall–Kier alpha value is -0.910. The van der Waals surface area contributed by atoms with Crippen molar-refractivity contribution in [3.63, 3.8) is 0 Å². The first-order chi connectivity index (χ1) is 9.69. The molecule has 0 saturated carbocycles. The molecule has 1 fully saturated rings. The molecule has 1 heterocycles. The van der Waals surface area contributed by atoms with Crippen LogP contribution >= 0.6 is 24.2 Å². The number of amides is 1. The lowest BCUT2D eigenvalue weighted by Gasteiger charge is -2.30. The van der Waals surface area contributed by atoms with Crippen molar-refractivity contribution in [2.45, 2.75) is 30.7 Å². The van der Waals surface area contributed by atoms with Crippen LogP contribution in [0.15, 0.2) is 29.2 Å². The van der Waals surface area contributed by atoms with Crippen molar-refractivity contribution in [2.75, 3.05) is 25.4 Å². The molecule has 0 unspecified atom stereocenters. The summed E-state index contributed by atoms with van der Waals surface area (Å²) >= 11 is 1.57. The minimum absolute atomic E-state index is 0. The van der Waals surface area contributed by atoms with Gasteiger partial charge in [-0.3, -0.25) is 4.79 Å². The predicted molar refractivity (Wildman–Crippen MR) is 89.4 cm³/mol. The van der Waals surface area contributed by atoms with Gasteiger partial charge in [-0.15, -0.1) is 24.2 Å². The highest BCUT2D eigenvalue weighted by atomic mass is 35.5. The molecule has 118 valence electrons. The lowest BCUT2D eigenvalue weighted by Crippen LogP contribution is -2.43. The van der Waals surface area contributed by atoms with Crippen LogP contribution < -0.4 is 10.5 Å². The molecule has 1 saturated heterocycles. The largest absolute Gasteiger partial charge is 0.494 e. The summed E-state index contributed by atoms with van der Waals surface area (Å²) < 4.78 is 5.40. The first-order valence-corrected chi connectivity index (χ1v) is 8.06. The van der Waals surface area contributed by atoms with Crippen molar-refractivity contribution in [1.82, 2.24) is 4.90 Å². The minimum atomic E-state index is 0. The van der Waals surface area contributed by atoms with Crippen LogP contribution in [0, 0.1) is 0 Å². The predicted octanol–water partition coefficient (Wildman–Crippen LogP) is 2.55. The molecule has 0 aromatic heterocycles. The van der Waals surface area contributed by atoms with E-state index in [2.05, 4.69) is 0 Å². The van der Waals surface area contributed by atoms with Gasteiger partial charge in [-0.1, -0.05) is 0 Å². The zero-order valence-corrected chi connectivity index (χ0v) is 13.9. The summed E-state index contributed by atoms with van der Waals surface area (Å²) in [6.45, 7) is 4.22. The summed E-state index contributed by atoms with van der Waals surface area (Å²) in [6.07, 6.45) is 1.83. The van der Waals surface area contributed by atoms with Crippen molar-refractivity contribution in [1.29, 1.82) is 0 Å². The van der Waals surface area contributed by atoms with E-state index in [1.54, 1.807) is 11.8 Å². The van der Waals surface area contributed by atoms with Crippen LogP contribution in [-0.4, -0.2) is 42.3 Å². The first-order valence-electron chi connectivity index (χ1n) is 7.08. The maximum Gasteiger partial charge on any atom is 0.232 e. The molecule has 1 aromatic carbocycles. The van der Waals surface area contributed by atoms with Crippen molar-refractivity contribution in [3.8, 4) is 5.75 Å². The Morgan fingerprint density at radius 3 is 2.52 bits per heavy atom. The molecule has 1 aliphatic rings. The average molecular weight is 331 g/mol. The molecule has 1 aliphatic heterocycles. The average Bonchev–Trinajstić information content (AvgIpc) is 2.47. The Bertz CT molecular complexity index is 434. The van der Waals surface area contributed by atoms with Gasteiger partial charge in [0.15, 0.2) is 0 Å². The van der Waals surface area contributed by atoms with E-state index in [0.717, 1.165) is 36.6 Å². The lowest BCUT2D eigenvalue weighted by atomic mass is 10.1. The zero-order valence-electron chi connectivity index (χ0n) is 12.3. The van der Waals surface area contributed by atoms with Gasteiger partial charge >= 0.3 is 0 Å². The second kappa shape index (κ2) is 9.18. The third kappa shape index (κ3) is 5.77. The summed E-state index contributed by atoms with van der Waals surface area (Å²) in [6, 6.07) is 8.13. The van der Waals surface area contributed by atoms with Gasteiger partial charge in [0.2, 0.25) is 5.91 Å². The van der Waals surface area contributed by atoms with Crippen LogP contribution in [0.1, 0.15) is 19.8 Å². The van der Waals surface area contributed by atoms with Crippen molar-refractivity contribution < 1.29 is 9.53 Å². The standard InChI is InChI=1S/C15H22N2O2S.ClH/c1-2-19-13-3-5-14(6-4-13)20-11-15(18)17-9-7-12(16)8-10-17;/h3-6,12H,2,7-11,16H2,1H3;1H. The second-order valence-corrected chi connectivity index (χ2v) is 5.96. The number of carbonyl (C=O) groups is 1. The molecular formula is C15H23ClN2O2S. The minimum Gasteiger partial charge on any atom is -0.494 e. The van der Waals surface area contributed by atoms with E-state index >= 15 is 0 Å². The van der Waals surface area contributed by atoms with E-state index < -0.39 is 0 Å². The van der Waals surface area contributed by atoms with Crippen LogP contribution in [0.4, 0.5) is 0 Å². The number of hydrogen-bond donors (Lipinski definition) is 1. The molecule has 0 radical (unpaired) electrons. The molecule has 4 nitrogen and oxygen atoms in total. The highest BCUT2D eigenvalue weighted by Gasteiger charge is 2.20. The molecule has 1 amide bonds. The molecule has 0 spiro atoms. The van der Waals surface area contributed by atoms with E-state index in [-0.39, 0.29) is 24.4 Å². The normalized spacial score (nSPS) is 15.4. The molecule has 1 aromatic rings. The Labute approximate surface area is 136 Å². The maximum absolute atomic E-state index is 12.1. The Morgan fingerprint density at radius 1 is 1.33 bits per heavy atom. The number of carbonyl (C=O) groups excluding carboxylic acids is 1. The second-order valence-electron chi connectivity index (χ2n) is 4.91. The number of piperidine rings is 1. The van der Waals surface area contributed by atoms with E-state index in [0.29, 0.717) is 12.4 Å². The van der Waals surface area contributed by atoms with Gasteiger partial charge < -0.3 is 15.4 Å². The summed E-state index contributed by atoms with van der Waals surface area (Å²) in [5.74, 6) is 1.56. The highest BCUT2D eigenvalue weighted by molar-refractivity contribution is 8.00. The Balaban J connectivity index is 0.00000220. The van der Waals surface area contributed by atoms with Crippen molar-refractivity contribution in [2.24, 2.45) is 5.73 Å². The van der Waals surface area contributed by atoms with Crippen LogP contribution in [-0.2, 0) is 4.79 Å². The number of nitrogens with zero attached hydrogens (tertiary/aromatic N) is 1. The lowest BCUT2D eigenvalue weighted by molar-refractivity contribution is -0.129. The van der Waals surface area contributed by atoms with E-state index in [1.807, 2.05) is 36.1 Å². The van der Waals surface area contributed by atoms with Gasteiger partial charge in [-0.05, 0) is 44.0 Å². The molecule has 0 atom stereocenters. The van der Waals surface area contributed by atoms with Gasteiger partial charge in [-0.2, -0.15) is 0 Å². The molecule has 6 heteroatoms. The van der Waals surface area contributed by atoms with Crippen molar-refractivity contribution >= 4 is 30.1 Å². The number of hydrogen-bond acceptors (Lipinski definition) is 4. The quantitative estimate of drug-likeness (QED) is 0.843. The van der Waals surface area contributed by atoms with Crippen LogP contribution in [0.2, 0.25) is 0 Å². The van der Waals surface area contributed by atoms with Crippen molar-refractivity contribution in [3.05, 3.63) is 24.3 Å². The number of halogens is 1. The molecule has 0 bridgehead atoms. The zero-order chi connectivity index (χ0) is 14.4. The summed E-state index contributed by atoms with van der Waals surface area (Å²) in [4.78, 5) is 15.1. The maximum atomic E-state index is 12.1.